The van der Waals surface area contributed by atoms with Crippen molar-refractivity contribution < 1.29 is 0 Å². The van der Waals surface area contributed by atoms with Crippen LogP contribution in [0.4, 0.5) is 11.4 Å². The molecule has 0 saturated carbocycles. The van der Waals surface area contributed by atoms with Gasteiger partial charge in [-0.2, -0.15) is 0 Å². The Morgan fingerprint density at radius 1 is 1.00 bits per heavy atom. The molecular formula is C15H12N. The average Bonchev–Trinajstić information content (AvgIpc) is 2.69. The van der Waals surface area contributed by atoms with E-state index >= 15 is 0 Å². The summed E-state index contributed by atoms with van der Waals surface area (Å²) in [7, 11) is 0. The maximum absolute atomic E-state index is 4.69. The van der Waals surface area contributed by atoms with Crippen LogP contribution >= 0.6 is 0 Å². The molecule has 0 N–H and O–H groups in total. The van der Waals surface area contributed by atoms with E-state index in [2.05, 4.69) is 48.3 Å². The SMILES string of the molecule is C=CCc1cccc2c1[N]c1ccccc1-2. The van der Waals surface area contributed by atoms with Crippen molar-refractivity contribution >= 4 is 11.4 Å². The highest BCUT2D eigenvalue weighted by atomic mass is 14.9. The zero-order chi connectivity index (χ0) is 11.0. The van der Waals surface area contributed by atoms with Crippen LogP contribution in [0, 0.1) is 0 Å². The molecule has 2 aromatic carbocycles. The van der Waals surface area contributed by atoms with E-state index in [1.807, 2.05) is 12.1 Å². The summed E-state index contributed by atoms with van der Waals surface area (Å²) in [5.74, 6) is 0. The number of hydrogen-bond donors (Lipinski definition) is 0. The Labute approximate surface area is 95.4 Å². The first-order chi connectivity index (χ1) is 7.90. The molecule has 0 bridgehead atoms. The number of allylic oxidation sites excluding steroid dienone is 1. The molecule has 1 heteroatoms. The van der Waals surface area contributed by atoms with E-state index in [9.17, 15) is 0 Å². The second-order valence-electron chi connectivity index (χ2n) is 3.94. The second kappa shape index (κ2) is 3.53. The molecule has 0 atom stereocenters. The third kappa shape index (κ3) is 1.25. The van der Waals surface area contributed by atoms with Crippen molar-refractivity contribution in [2.75, 3.05) is 0 Å². The maximum Gasteiger partial charge on any atom is 0.0751 e. The summed E-state index contributed by atoms with van der Waals surface area (Å²) in [6.45, 7) is 3.79. The Morgan fingerprint density at radius 2 is 1.81 bits per heavy atom. The van der Waals surface area contributed by atoms with Crippen LogP contribution < -0.4 is 5.32 Å². The first-order valence-electron chi connectivity index (χ1n) is 5.44. The molecule has 0 unspecified atom stereocenters. The van der Waals surface area contributed by atoms with Crippen molar-refractivity contribution in [3.8, 4) is 11.1 Å². The summed E-state index contributed by atoms with van der Waals surface area (Å²) in [6.07, 6.45) is 2.80. The molecule has 3 rings (SSSR count). The lowest BCUT2D eigenvalue weighted by Gasteiger charge is -2.04. The fraction of sp³-hybridized carbons (Fsp3) is 0.0667. The van der Waals surface area contributed by atoms with Gasteiger partial charge in [0.2, 0.25) is 0 Å². The van der Waals surface area contributed by atoms with E-state index in [1.165, 1.54) is 16.7 Å². The monoisotopic (exact) mass is 206 g/mol. The van der Waals surface area contributed by atoms with Crippen LogP contribution in [0.3, 0.4) is 0 Å². The van der Waals surface area contributed by atoms with Gasteiger partial charge in [0.15, 0.2) is 0 Å². The van der Waals surface area contributed by atoms with Gasteiger partial charge in [0.1, 0.15) is 0 Å². The molecule has 0 spiro atoms. The molecule has 0 saturated heterocycles. The van der Waals surface area contributed by atoms with Gasteiger partial charge >= 0.3 is 0 Å². The minimum atomic E-state index is 0.876. The second-order valence-corrected chi connectivity index (χ2v) is 3.94. The van der Waals surface area contributed by atoms with E-state index in [-0.39, 0.29) is 0 Å². The van der Waals surface area contributed by atoms with Gasteiger partial charge in [-0.15, -0.1) is 6.58 Å². The Bertz CT molecular complexity index is 555. The van der Waals surface area contributed by atoms with Crippen molar-refractivity contribution in [3.05, 3.63) is 60.7 Å². The molecular weight excluding hydrogens is 194 g/mol. The molecule has 0 amide bonds. The summed E-state index contributed by atoms with van der Waals surface area (Å²) in [5.41, 5.74) is 5.93. The number of para-hydroxylation sites is 2. The molecule has 0 aromatic heterocycles. The Morgan fingerprint density at radius 3 is 2.69 bits per heavy atom. The Balaban J connectivity index is 2.19. The molecule has 77 valence electrons. The molecule has 1 aliphatic rings. The summed E-state index contributed by atoms with van der Waals surface area (Å²) in [5, 5.41) is 4.69. The minimum Gasteiger partial charge on any atom is -0.247 e. The van der Waals surface area contributed by atoms with Crippen LogP contribution in [0.5, 0.6) is 0 Å². The molecule has 1 aliphatic heterocycles. The van der Waals surface area contributed by atoms with Crippen LogP contribution in [-0.2, 0) is 6.42 Å². The number of nitrogens with zero attached hydrogens (tertiary/aromatic N) is 1. The summed E-state index contributed by atoms with van der Waals surface area (Å²) in [6, 6.07) is 14.6. The largest absolute Gasteiger partial charge is 0.247 e. The predicted molar refractivity (Wildman–Crippen MR) is 67.2 cm³/mol. The highest BCUT2D eigenvalue weighted by Crippen LogP contribution is 2.44. The summed E-state index contributed by atoms with van der Waals surface area (Å²) >= 11 is 0. The lowest BCUT2D eigenvalue weighted by atomic mass is 10.0. The van der Waals surface area contributed by atoms with Crippen molar-refractivity contribution in [1.82, 2.24) is 5.32 Å². The third-order valence-electron chi connectivity index (χ3n) is 2.91. The molecule has 1 radical (unpaired) electrons. The highest BCUT2D eigenvalue weighted by Gasteiger charge is 2.20. The van der Waals surface area contributed by atoms with E-state index in [1.54, 1.807) is 0 Å². The van der Waals surface area contributed by atoms with Crippen molar-refractivity contribution in [1.29, 1.82) is 0 Å². The zero-order valence-corrected chi connectivity index (χ0v) is 8.98. The molecule has 1 heterocycles. The topological polar surface area (TPSA) is 14.1 Å². The van der Waals surface area contributed by atoms with Gasteiger partial charge in [0.05, 0.1) is 11.4 Å². The first kappa shape index (κ1) is 9.22. The normalized spacial score (nSPS) is 11.5. The third-order valence-corrected chi connectivity index (χ3v) is 2.91. The van der Waals surface area contributed by atoms with Gasteiger partial charge in [-0.25, -0.2) is 5.32 Å². The quantitative estimate of drug-likeness (QED) is 0.563. The molecule has 16 heavy (non-hydrogen) atoms. The number of fused-ring (bicyclic) bond motifs is 3. The number of hydrogen-bond acceptors (Lipinski definition) is 0. The minimum absolute atomic E-state index is 0.876. The van der Waals surface area contributed by atoms with Crippen molar-refractivity contribution in [2.45, 2.75) is 6.42 Å². The Kier molecular flexibility index (Phi) is 2.03. The van der Waals surface area contributed by atoms with E-state index in [0.29, 0.717) is 0 Å². The maximum atomic E-state index is 4.69. The zero-order valence-electron chi connectivity index (χ0n) is 8.98. The predicted octanol–water partition coefficient (Wildman–Crippen LogP) is 3.96. The molecule has 0 fully saturated rings. The van der Waals surface area contributed by atoms with Gasteiger partial charge in [-0.3, -0.25) is 0 Å². The number of benzene rings is 2. The first-order valence-corrected chi connectivity index (χ1v) is 5.44. The van der Waals surface area contributed by atoms with E-state index < -0.39 is 0 Å². The van der Waals surface area contributed by atoms with Gasteiger partial charge < -0.3 is 0 Å². The van der Waals surface area contributed by atoms with Crippen LogP contribution in [0.2, 0.25) is 0 Å². The van der Waals surface area contributed by atoms with Gasteiger partial charge in [-0.1, -0.05) is 42.5 Å². The summed E-state index contributed by atoms with van der Waals surface area (Å²) < 4.78 is 0. The fourth-order valence-corrected chi connectivity index (χ4v) is 2.18. The highest BCUT2D eigenvalue weighted by molar-refractivity contribution is 5.91. The van der Waals surface area contributed by atoms with Gasteiger partial charge in [0.25, 0.3) is 0 Å². The lowest BCUT2D eigenvalue weighted by Crippen LogP contribution is -1.89. The molecule has 1 nitrogen and oxygen atoms in total. The smallest absolute Gasteiger partial charge is 0.0751 e. The molecule has 0 aliphatic carbocycles. The summed E-state index contributed by atoms with van der Waals surface area (Å²) in [4.78, 5) is 0. The van der Waals surface area contributed by atoms with Crippen LogP contribution in [0.1, 0.15) is 5.56 Å². The van der Waals surface area contributed by atoms with Gasteiger partial charge in [0, 0.05) is 11.1 Å². The van der Waals surface area contributed by atoms with Crippen molar-refractivity contribution in [3.63, 3.8) is 0 Å². The molecule has 2 aromatic rings. The van der Waals surface area contributed by atoms with Crippen LogP contribution in [-0.4, -0.2) is 0 Å². The van der Waals surface area contributed by atoms with Crippen molar-refractivity contribution in [2.24, 2.45) is 0 Å². The van der Waals surface area contributed by atoms with Crippen LogP contribution in [0.15, 0.2) is 55.1 Å². The Hall–Kier alpha value is -2.02. The lowest BCUT2D eigenvalue weighted by molar-refractivity contribution is 1.16. The van der Waals surface area contributed by atoms with E-state index in [4.69, 9.17) is 0 Å². The van der Waals surface area contributed by atoms with Gasteiger partial charge in [-0.05, 0) is 18.1 Å². The standard InChI is InChI=1S/C15H12N/c1-2-6-11-7-5-9-13-12-8-3-4-10-14(12)16-15(11)13/h2-5,7-10H,1,6H2. The fourth-order valence-electron chi connectivity index (χ4n) is 2.18. The number of rotatable bonds is 2. The average molecular weight is 206 g/mol. The van der Waals surface area contributed by atoms with Crippen LogP contribution in [0.25, 0.3) is 11.1 Å². The van der Waals surface area contributed by atoms with E-state index in [0.717, 1.165) is 17.8 Å².